The molecule has 0 saturated carbocycles. The molecule has 2 aromatic heterocycles. The van der Waals surface area contributed by atoms with Crippen molar-refractivity contribution in [2.24, 2.45) is 0 Å². The molecule has 2 aliphatic heterocycles. The monoisotopic (exact) mass is 467 g/mol. The van der Waals surface area contributed by atoms with Crippen LogP contribution in [0.25, 0.3) is 16.6 Å². The molecule has 0 atom stereocenters. The van der Waals surface area contributed by atoms with Crippen LogP contribution in [-0.2, 0) is 14.3 Å². The lowest BCUT2D eigenvalue weighted by Gasteiger charge is -2.33. The normalized spacial score (nSPS) is 18.1. The summed E-state index contributed by atoms with van der Waals surface area (Å²) in [6.45, 7) is 7.59. The van der Waals surface area contributed by atoms with E-state index in [1.165, 1.54) is 0 Å². The van der Waals surface area contributed by atoms with Crippen LogP contribution in [0.4, 0.5) is 10.5 Å². The average molecular weight is 468 g/mol. The number of aromatic amines is 1. The zero-order valence-corrected chi connectivity index (χ0v) is 19.7. The molecule has 10 nitrogen and oxygen atoms in total. The van der Waals surface area contributed by atoms with Crippen molar-refractivity contribution in [1.82, 2.24) is 19.5 Å². The van der Waals surface area contributed by atoms with Crippen molar-refractivity contribution < 1.29 is 19.1 Å². The SMILES string of the molecule is CC(C)(C)OC(=O)N1CCC(c2cc(=O)[nH]c3c4c(N5CCOCC5=O)cccc4nn23)CC1. The van der Waals surface area contributed by atoms with Crippen molar-refractivity contribution in [2.75, 3.05) is 37.7 Å². The molecule has 0 bridgehead atoms. The number of morpholine rings is 1. The minimum atomic E-state index is -0.540. The maximum Gasteiger partial charge on any atom is 0.410 e. The summed E-state index contributed by atoms with van der Waals surface area (Å²) in [6, 6.07) is 7.21. The number of nitrogens with zero attached hydrogens (tertiary/aromatic N) is 4. The van der Waals surface area contributed by atoms with E-state index in [0.29, 0.717) is 55.9 Å². The Morgan fingerprint density at radius 1 is 1.18 bits per heavy atom. The van der Waals surface area contributed by atoms with E-state index in [-0.39, 0.29) is 30.1 Å². The van der Waals surface area contributed by atoms with Crippen LogP contribution in [0.15, 0.2) is 29.1 Å². The van der Waals surface area contributed by atoms with Crippen molar-refractivity contribution in [3.8, 4) is 0 Å². The van der Waals surface area contributed by atoms with Crippen LogP contribution in [0.1, 0.15) is 45.2 Å². The van der Waals surface area contributed by atoms with Gasteiger partial charge in [-0.1, -0.05) is 6.07 Å². The predicted molar refractivity (Wildman–Crippen MR) is 126 cm³/mol. The molecule has 0 spiro atoms. The molecule has 2 amide bonds. The number of fused-ring (bicyclic) bond motifs is 3. The molecular weight excluding hydrogens is 438 g/mol. The number of benzene rings is 1. The van der Waals surface area contributed by atoms with Gasteiger partial charge < -0.3 is 24.3 Å². The molecule has 34 heavy (non-hydrogen) atoms. The van der Waals surface area contributed by atoms with Crippen molar-refractivity contribution in [2.45, 2.75) is 45.1 Å². The zero-order chi connectivity index (χ0) is 24.0. The van der Waals surface area contributed by atoms with Gasteiger partial charge in [-0.2, -0.15) is 5.10 Å². The summed E-state index contributed by atoms with van der Waals surface area (Å²) in [6.07, 6.45) is 1.08. The van der Waals surface area contributed by atoms with E-state index in [0.717, 1.165) is 11.1 Å². The van der Waals surface area contributed by atoms with E-state index >= 15 is 0 Å². The molecular formula is C24H29N5O5. The van der Waals surface area contributed by atoms with Gasteiger partial charge in [-0.3, -0.25) is 9.59 Å². The fourth-order valence-electron chi connectivity index (χ4n) is 4.74. The molecule has 4 heterocycles. The lowest BCUT2D eigenvalue weighted by Crippen LogP contribution is -2.41. The molecule has 2 saturated heterocycles. The van der Waals surface area contributed by atoms with E-state index in [9.17, 15) is 14.4 Å². The second-order valence-electron chi connectivity index (χ2n) is 9.83. The topological polar surface area (TPSA) is 109 Å². The number of piperidine rings is 1. The minimum absolute atomic E-state index is 0.0353. The minimum Gasteiger partial charge on any atom is -0.444 e. The number of ether oxygens (including phenoxy) is 2. The molecule has 180 valence electrons. The van der Waals surface area contributed by atoms with Gasteiger partial charge in [0.25, 0.3) is 11.5 Å². The number of nitrogens with one attached hydrogen (secondary N) is 1. The summed E-state index contributed by atoms with van der Waals surface area (Å²) in [5.74, 6) is -0.0580. The molecule has 2 aliphatic rings. The number of hydrogen-bond acceptors (Lipinski definition) is 6. The first-order valence-electron chi connectivity index (χ1n) is 11.6. The molecule has 0 radical (unpaired) electrons. The predicted octanol–water partition coefficient (Wildman–Crippen LogP) is 2.65. The van der Waals surface area contributed by atoms with Gasteiger partial charge in [0.2, 0.25) is 0 Å². The Bertz CT molecular complexity index is 1310. The van der Waals surface area contributed by atoms with E-state index in [1.54, 1.807) is 20.4 Å². The Morgan fingerprint density at radius 2 is 1.94 bits per heavy atom. The second-order valence-corrected chi connectivity index (χ2v) is 9.83. The zero-order valence-electron chi connectivity index (χ0n) is 19.7. The first kappa shape index (κ1) is 22.4. The molecule has 1 aromatic carbocycles. The first-order valence-corrected chi connectivity index (χ1v) is 11.6. The highest BCUT2D eigenvalue weighted by atomic mass is 16.6. The third kappa shape index (κ3) is 4.13. The number of carbonyl (C=O) groups excluding carboxylic acids is 2. The van der Waals surface area contributed by atoms with Crippen molar-refractivity contribution >= 4 is 34.2 Å². The highest BCUT2D eigenvalue weighted by Crippen LogP contribution is 2.33. The summed E-state index contributed by atoms with van der Waals surface area (Å²) in [5.41, 5.74) is 2.03. The van der Waals surface area contributed by atoms with E-state index in [1.807, 2.05) is 39.0 Å². The summed E-state index contributed by atoms with van der Waals surface area (Å²) in [4.78, 5) is 44.0. The van der Waals surface area contributed by atoms with Gasteiger partial charge in [-0.25, -0.2) is 9.31 Å². The number of aromatic nitrogens is 3. The van der Waals surface area contributed by atoms with Crippen LogP contribution >= 0.6 is 0 Å². The lowest BCUT2D eigenvalue weighted by molar-refractivity contribution is -0.125. The van der Waals surface area contributed by atoms with Gasteiger partial charge in [-0.15, -0.1) is 0 Å². The van der Waals surface area contributed by atoms with E-state index < -0.39 is 5.60 Å². The van der Waals surface area contributed by atoms with Gasteiger partial charge in [0, 0.05) is 31.6 Å². The van der Waals surface area contributed by atoms with Crippen molar-refractivity contribution in [3.05, 3.63) is 40.3 Å². The third-order valence-corrected chi connectivity index (χ3v) is 6.28. The Labute approximate surface area is 196 Å². The van der Waals surface area contributed by atoms with Crippen LogP contribution in [0, 0.1) is 0 Å². The molecule has 3 aromatic rings. The Hall–Kier alpha value is -3.40. The van der Waals surface area contributed by atoms with Crippen LogP contribution in [0.5, 0.6) is 0 Å². The van der Waals surface area contributed by atoms with E-state index in [4.69, 9.17) is 14.6 Å². The number of hydrogen-bond donors (Lipinski definition) is 1. The van der Waals surface area contributed by atoms with Gasteiger partial charge in [0.05, 0.1) is 28.9 Å². The third-order valence-electron chi connectivity index (χ3n) is 6.28. The highest BCUT2D eigenvalue weighted by Gasteiger charge is 2.30. The molecule has 2 fully saturated rings. The quantitative estimate of drug-likeness (QED) is 0.621. The molecule has 1 N–H and O–H groups in total. The fraction of sp³-hybridized carbons (Fsp3) is 0.500. The number of carbonyl (C=O) groups is 2. The van der Waals surface area contributed by atoms with Crippen LogP contribution < -0.4 is 10.5 Å². The summed E-state index contributed by atoms with van der Waals surface area (Å²) < 4.78 is 12.6. The van der Waals surface area contributed by atoms with Gasteiger partial charge in [0.15, 0.2) is 0 Å². The molecule has 10 heteroatoms. The Balaban J connectivity index is 1.50. The number of anilines is 1. The Morgan fingerprint density at radius 3 is 2.65 bits per heavy atom. The smallest absolute Gasteiger partial charge is 0.410 e. The standard InChI is InChI=1S/C24H29N5O5/c1-24(2,3)34-23(32)27-9-7-15(8-10-27)18-13-19(30)25-22-21-16(26-29(18)22)5-4-6-17(21)28-11-12-33-14-20(28)31/h4-6,13,15H,7-12,14H2,1-3H3,(H,25,30). The maximum absolute atomic E-state index is 12.7. The summed E-state index contributed by atoms with van der Waals surface area (Å²) in [5, 5.41) is 5.53. The average Bonchev–Trinajstić information content (AvgIpc) is 3.16. The maximum atomic E-state index is 12.7. The molecule has 0 unspecified atom stereocenters. The number of H-pyrrole nitrogens is 1. The van der Waals surface area contributed by atoms with Gasteiger partial charge in [-0.05, 0) is 45.7 Å². The van der Waals surface area contributed by atoms with Crippen LogP contribution in [0.2, 0.25) is 0 Å². The largest absolute Gasteiger partial charge is 0.444 e. The Kier molecular flexibility index (Phi) is 5.55. The molecule has 5 rings (SSSR count). The number of likely N-dealkylation sites (tertiary alicyclic amines) is 1. The molecule has 0 aliphatic carbocycles. The van der Waals surface area contributed by atoms with Crippen molar-refractivity contribution in [1.29, 1.82) is 0 Å². The second kappa shape index (κ2) is 8.43. The van der Waals surface area contributed by atoms with Gasteiger partial charge in [0.1, 0.15) is 17.9 Å². The lowest BCUT2D eigenvalue weighted by atomic mass is 9.93. The number of rotatable bonds is 2. The van der Waals surface area contributed by atoms with Gasteiger partial charge >= 0.3 is 6.09 Å². The summed E-state index contributed by atoms with van der Waals surface area (Å²) >= 11 is 0. The highest BCUT2D eigenvalue weighted by molar-refractivity contribution is 6.09. The van der Waals surface area contributed by atoms with E-state index in [2.05, 4.69) is 4.98 Å². The number of amides is 2. The first-order chi connectivity index (χ1) is 16.2. The van der Waals surface area contributed by atoms with Crippen molar-refractivity contribution in [3.63, 3.8) is 0 Å². The van der Waals surface area contributed by atoms with Crippen LogP contribution in [-0.4, -0.2) is 69.9 Å². The fourth-order valence-corrected chi connectivity index (χ4v) is 4.74. The summed E-state index contributed by atoms with van der Waals surface area (Å²) in [7, 11) is 0. The van der Waals surface area contributed by atoms with Crippen LogP contribution in [0.3, 0.4) is 0 Å².